The number of hydrogen-bond acceptors (Lipinski definition) is 2. The Morgan fingerprint density at radius 1 is 1.00 bits per heavy atom. The number of rotatable bonds is 4. The number of esters is 1. The molecular formula is C23H26O2. The van der Waals surface area contributed by atoms with Crippen LogP contribution in [0.3, 0.4) is 0 Å². The molecule has 2 bridgehead atoms. The number of benzene rings is 2. The van der Waals surface area contributed by atoms with Gasteiger partial charge >= 0.3 is 5.97 Å². The molecule has 2 aliphatic rings. The molecule has 3 atom stereocenters. The zero-order valence-corrected chi connectivity index (χ0v) is 15.1. The molecule has 0 aromatic heterocycles. The van der Waals surface area contributed by atoms with Crippen molar-refractivity contribution in [3.63, 3.8) is 0 Å². The highest BCUT2D eigenvalue weighted by molar-refractivity contribution is 5.74. The number of aryl methyl sites for hydroxylation is 2. The molecule has 130 valence electrons. The van der Waals surface area contributed by atoms with E-state index in [1.807, 2.05) is 19.1 Å². The molecule has 0 spiro atoms. The lowest BCUT2D eigenvalue weighted by molar-refractivity contribution is -0.135. The van der Waals surface area contributed by atoms with Crippen LogP contribution < -0.4 is 4.74 Å². The van der Waals surface area contributed by atoms with Gasteiger partial charge in [0.15, 0.2) is 0 Å². The fourth-order valence-corrected chi connectivity index (χ4v) is 4.69. The molecule has 0 heterocycles. The highest BCUT2D eigenvalue weighted by atomic mass is 16.5. The maximum absolute atomic E-state index is 12.4. The van der Waals surface area contributed by atoms with Crippen LogP contribution in [-0.2, 0) is 4.79 Å². The van der Waals surface area contributed by atoms with E-state index in [1.54, 1.807) is 0 Å². The Bertz CT molecular complexity index is 775. The van der Waals surface area contributed by atoms with Crippen LogP contribution in [0, 0.1) is 31.6 Å². The molecule has 2 fully saturated rings. The molecule has 0 amide bonds. The van der Waals surface area contributed by atoms with Crippen molar-refractivity contribution < 1.29 is 9.53 Å². The van der Waals surface area contributed by atoms with Crippen LogP contribution in [0.15, 0.2) is 42.5 Å². The van der Waals surface area contributed by atoms with Crippen molar-refractivity contribution in [2.45, 2.75) is 46.0 Å². The number of fused-ring (bicyclic) bond motifs is 2. The molecule has 0 unspecified atom stereocenters. The summed E-state index contributed by atoms with van der Waals surface area (Å²) in [4.78, 5) is 12.4. The lowest BCUT2D eigenvalue weighted by atomic mass is 9.86. The zero-order chi connectivity index (χ0) is 17.4. The normalized spacial score (nSPS) is 24.5. The number of ether oxygens (including phenoxy) is 1. The third-order valence-electron chi connectivity index (χ3n) is 6.10. The van der Waals surface area contributed by atoms with E-state index in [9.17, 15) is 4.79 Å². The van der Waals surface area contributed by atoms with Crippen LogP contribution in [0.25, 0.3) is 11.1 Å². The second-order valence-electron chi connectivity index (χ2n) is 7.96. The summed E-state index contributed by atoms with van der Waals surface area (Å²) in [6, 6.07) is 14.6. The third kappa shape index (κ3) is 3.49. The number of carbonyl (C=O) groups excluding carboxylic acids is 1. The molecule has 0 radical (unpaired) electrons. The molecule has 2 heteroatoms. The smallest absolute Gasteiger partial charge is 0.311 e. The van der Waals surface area contributed by atoms with Gasteiger partial charge in [0.25, 0.3) is 0 Å². The van der Waals surface area contributed by atoms with Gasteiger partial charge in [-0.3, -0.25) is 4.79 Å². The van der Waals surface area contributed by atoms with Gasteiger partial charge in [-0.15, -0.1) is 0 Å². The van der Waals surface area contributed by atoms with Crippen LogP contribution in [0.1, 0.15) is 43.2 Å². The van der Waals surface area contributed by atoms with Crippen LogP contribution in [0.2, 0.25) is 0 Å². The van der Waals surface area contributed by atoms with E-state index in [0.29, 0.717) is 18.1 Å². The van der Waals surface area contributed by atoms with E-state index in [0.717, 1.165) is 23.0 Å². The van der Waals surface area contributed by atoms with Crippen LogP contribution in [-0.4, -0.2) is 5.97 Å². The Kier molecular flexibility index (Phi) is 4.37. The van der Waals surface area contributed by atoms with Gasteiger partial charge in [-0.25, -0.2) is 0 Å². The predicted molar refractivity (Wildman–Crippen MR) is 101 cm³/mol. The molecule has 2 aliphatic carbocycles. The summed E-state index contributed by atoms with van der Waals surface area (Å²) in [6.07, 6.45) is 5.83. The molecule has 0 N–H and O–H groups in total. The second kappa shape index (κ2) is 6.67. The molecule has 0 aliphatic heterocycles. The second-order valence-corrected chi connectivity index (χ2v) is 7.96. The van der Waals surface area contributed by atoms with Gasteiger partial charge < -0.3 is 4.74 Å². The van der Waals surface area contributed by atoms with E-state index in [2.05, 4.69) is 37.3 Å². The summed E-state index contributed by atoms with van der Waals surface area (Å²) in [5, 5.41) is 0. The SMILES string of the molecule is Cc1ccc(-c2ccc(OC(=O)C[C@@H]3C[C@@H]4CC[C@@H]3C4)c(C)c2)cc1. The minimum absolute atomic E-state index is 0.0660. The van der Waals surface area contributed by atoms with Gasteiger partial charge in [-0.05, 0) is 79.7 Å². The Morgan fingerprint density at radius 3 is 2.40 bits per heavy atom. The quantitative estimate of drug-likeness (QED) is 0.529. The fourth-order valence-electron chi connectivity index (χ4n) is 4.69. The summed E-state index contributed by atoms with van der Waals surface area (Å²) >= 11 is 0. The summed E-state index contributed by atoms with van der Waals surface area (Å²) in [5.74, 6) is 2.83. The lowest BCUT2D eigenvalue weighted by Crippen LogP contribution is -2.19. The fraction of sp³-hybridized carbons (Fsp3) is 0.435. The number of hydrogen-bond donors (Lipinski definition) is 0. The minimum atomic E-state index is -0.0660. The maximum Gasteiger partial charge on any atom is 0.311 e. The molecule has 2 aromatic carbocycles. The number of carbonyl (C=O) groups is 1. The van der Waals surface area contributed by atoms with Gasteiger partial charge in [0.05, 0.1) is 0 Å². The van der Waals surface area contributed by atoms with Crippen LogP contribution in [0.4, 0.5) is 0 Å². The van der Waals surface area contributed by atoms with Gasteiger partial charge in [0.2, 0.25) is 0 Å². The van der Waals surface area contributed by atoms with Crippen molar-refractivity contribution in [2.24, 2.45) is 17.8 Å². The third-order valence-corrected chi connectivity index (χ3v) is 6.10. The minimum Gasteiger partial charge on any atom is -0.426 e. The molecule has 4 rings (SSSR count). The Balaban J connectivity index is 1.42. The first-order valence-corrected chi connectivity index (χ1v) is 9.47. The van der Waals surface area contributed by atoms with Gasteiger partial charge in [-0.2, -0.15) is 0 Å². The van der Waals surface area contributed by atoms with Crippen LogP contribution >= 0.6 is 0 Å². The van der Waals surface area contributed by atoms with Gasteiger partial charge in [0, 0.05) is 6.42 Å². The molecule has 2 saturated carbocycles. The molecular weight excluding hydrogens is 308 g/mol. The highest BCUT2D eigenvalue weighted by Crippen LogP contribution is 2.49. The van der Waals surface area contributed by atoms with E-state index < -0.39 is 0 Å². The van der Waals surface area contributed by atoms with Gasteiger partial charge in [-0.1, -0.05) is 42.3 Å². The largest absolute Gasteiger partial charge is 0.426 e. The van der Waals surface area contributed by atoms with E-state index in [4.69, 9.17) is 4.74 Å². The molecule has 25 heavy (non-hydrogen) atoms. The van der Waals surface area contributed by atoms with Crippen molar-refractivity contribution in [2.75, 3.05) is 0 Å². The monoisotopic (exact) mass is 334 g/mol. The molecule has 2 nitrogen and oxygen atoms in total. The van der Waals surface area contributed by atoms with Crippen molar-refractivity contribution in [1.82, 2.24) is 0 Å². The molecule has 0 saturated heterocycles. The first-order chi connectivity index (χ1) is 12.1. The summed E-state index contributed by atoms with van der Waals surface area (Å²) in [5.41, 5.74) is 4.62. The zero-order valence-electron chi connectivity index (χ0n) is 15.1. The van der Waals surface area contributed by atoms with Crippen molar-refractivity contribution in [3.8, 4) is 16.9 Å². The van der Waals surface area contributed by atoms with E-state index >= 15 is 0 Å². The summed E-state index contributed by atoms with van der Waals surface area (Å²) in [7, 11) is 0. The first kappa shape index (κ1) is 16.4. The Labute approximate surface area is 150 Å². The summed E-state index contributed by atoms with van der Waals surface area (Å²) in [6.45, 7) is 4.10. The van der Waals surface area contributed by atoms with Crippen molar-refractivity contribution in [1.29, 1.82) is 0 Å². The molecule has 2 aromatic rings. The highest BCUT2D eigenvalue weighted by Gasteiger charge is 2.40. The van der Waals surface area contributed by atoms with E-state index in [-0.39, 0.29) is 5.97 Å². The maximum atomic E-state index is 12.4. The average Bonchev–Trinajstić information content (AvgIpc) is 3.20. The van der Waals surface area contributed by atoms with Crippen molar-refractivity contribution in [3.05, 3.63) is 53.6 Å². The van der Waals surface area contributed by atoms with Crippen molar-refractivity contribution >= 4 is 5.97 Å². The predicted octanol–water partition coefficient (Wildman–Crippen LogP) is 5.70. The standard InChI is InChI=1S/C23H26O2/c1-15-3-6-18(7-4-15)19-9-10-22(16(2)11-19)25-23(24)14-21-13-17-5-8-20(21)12-17/h3-4,6-7,9-11,17,20-21H,5,8,12-14H2,1-2H3/t17-,20-,21+/m1/s1. The topological polar surface area (TPSA) is 26.3 Å². The first-order valence-electron chi connectivity index (χ1n) is 9.47. The lowest BCUT2D eigenvalue weighted by Gasteiger charge is -2.20. The summed E-state index contributed by atoms with van der Waals surface area (Å²) < 4.78 is 5.69. The van der Waals surface area contributed by atoms with Crippen LogP contribution in [0.5, 0.6) is 5.75 Å². The average molecular weight is 334 g/mol. The van der Waals surface area contributed by atoms with Gasteiger partial charge in [0.1, 0.15) is 5.75 Å². The Hall–Kier alpha value is -2.09. The Morgan fingerprint density at radius 2 is 1.76 bits per heavy atom. The van der Waals surface area contributed by atoms with E-state index in [1.165, 1.54) is 36.8 Å².